The Labute approximate surface area is 179 Å². The summed E-state index contributed by atoms with van der Waals surface area (Å²) in [6, 6.07) is 7.55. The number of H-pyrrole nitrogens is 1. The molecule has 0 spiro atoms. The van der Waals surface area contributed by atoms with Gasteiger partial charge in [-0.25, -0.2) is 0 Å². The van der Waals surface area contributed by atoms with Crippen LogP contribution in [0.4, 0.5) is 0 Å². The van der Waals surface area contributed by atoms with Crippen molar-refractivity contribution in [2.75, 3.05) is 12.9 Å². The minimum absolute atomic E-state index is 0.0530. The standard InChI is InChI=1S/C22H24N4O3S/c1-6-11-26-21(16-7-9-17(29-5)10-8-16)24-25-22(26)30-12-18(28)20-13(2)19(15(4)27)14(3)23-20/h6-10,23H,1,11-12H2,2-5H3. The van der Waals surface area contributed by atoms with Crippen LogP contribution in [0.1, 0.15) is 39.0 Å². The fraction of sp³-hybridized carbons (Fsp3) is 0.273. The molecule has 2 aromatic heterocycles. The average molecular weight is 425 g/mol. The lowest BCUT2D eigenvalue weighted by Crippen LogP contribution is -2.07. The van der Waals surface area contributed by atoms with Crippen LogP contribution in [0.2, 0.25) is 0 Å². The molecule has 0 amide bonds. The molecular formula is C22H24N4O3S. The van der Waals surface area contributed by atoms with Crippen molar-refractivity contribution in [2.45, 2.75) is 32.5 Å². The highest BCUT2D eigenvalue weighted by Gasteiger charge is 2.21. The van der Waals surface area contributed by atoms with E-state index in [0.717, 1.165) is 11.3 Å². The van der Waals surface area contributed by atoms with Gasteiger partial charge in [0.1, 0.15) is 5.75 Å². The third kappa shape index (κ3) is 4.23. The summed E-state index contributed by atoms with van der Waals surface area (Å²) in [6.45, 7) is 9.42. The summed E-state index contributed by atoms with van der Waals surface area (Å²) in [6.07, 6.45) is 1.76. The van der Waals surface area contributed by atoms with Gasteiger partial charge in [-0.1, -0.05) is 17.8 Å². The van der Waals surface area contributed by atoms with E-state index in [4.69, 9.17) is 4.74 Å². The normalized spacial score (nSPS) is 10.8. The first-order valence-electron chi connectivity index (χ1n) is 9.42. The Morgan fingerprint density at radius 3 is 2.50 bits per heavy atom. The molecule has 3 aromatic rings. The molecule has 0 saturated heterocycles. The van der Waals surface area contributed by atoms with Gasteiger partial charge in [0.2, 0.25) is 0 Å². The predicted octanol–water partition coefficient (Wildman–Crippen LogP) is 4.26. The maximum absolute atomic E-state index is 12.8. The number of benzene rings is 1. The van der Waals surface area contributed by atoms with Gasteiger partial charge < -0.3 is 9.72 Å². The smallest absolute Gasteiger partial charge is 0.192 e. The molecule has 1 N–H and O–H groups in total. The molecular weight excluding hydrogens is 400 g/mol. The average Bonchev–Trinajstić information content (AvgIpc) is 3.26. The summed E-state index contributed by atoms with van der Waals surface area (Å²) in [5.74, 6) is 1.49. The third-order valence-electron chi connectivity index (χ3n) is 4.78. The molecule has 7 nitrogen and oxygen atoms in total. The lowest BCUT2D eigenvalue weighted by Gasteiger charge is -2.08. The molecule has 156 valence electrons. The fourth-order valence-corrected chi connectivity index (χ4v) is 4.22. The highest BCUT2D eigenvalue weighted by molar-refractivity contribution is 7.99. The topological polar surface area (TPSA) is 89.9 Å². The number of aromatic nitrogens is 4. The molecule has 0 atom stereocenters. The van der Waals surface area contributed by atoms with E-state index >= 15 is 0 Å². The Morgan fingerprint density at radius 2 is 1.93 bits per heavy atom. The molecule has 0 fully saturated rings. The van der Waals surface area contributed by atoms with E-state index in [1.807, 2.05) is 28.8 Å². The molecule has 3 rings (SSSR count). The van der Waals surface area contributed by atoms with E-state index in [1.54, 1.807) is 27.0 Å². The van der Waals surface area contributed by atoms with Gasteiger partial charge in [0.15, 0.2) is 22.5 Å². The summed E-state index contributed by atoms with van der Waals surface area (Å²) >= 11 is 1.31. The number of hydrogen-bond acceptors (Lipinski definition) is 6. The molecule has 2 heterocycles. The quantitative estimate of drug-likeness (QED) is 0.314. The number of carbonyl (C=O) groups is 2. The summed E-state index contributed by atoms with van der Waals surface area (Å²) in [4.78, 5) is 27.7. The van der Waals surface area contributed by atoms with Crippen LogP contribution >= 0.6 is 11.8 Å². The van der Waals surface area contributed by atoms with Crippen molar-refractivity contribution in [3.8, 4) is 17.1 Å². The molecule has 0 aliphatic rings. The second kappa shape index (κ2) is 9.13. The first-order chi connectivity index (χ1) is 14.4. The third-order valence-corrected chi connectivity index (χ3v) is 5.74. The van der Waals surface area contributed by atoms with Gasteiger partial charge in [-0.05, 0) is 50.6 Å². The highest BCUT2D eigenvalue weighted by Crippen LogP contribution is 2.27. The van der Waals surface area contributed by atoms with Crippen molar-refractivity contribution in [1.82, 2.24) is 19.7 Å². The number of thioether (sulfide) groups is 1. The number of aryl methyl sites for hydroxylation is 1. The predicted molar refractivity (Wildman–Crippen MR) is 118 cm³/mol. The Balaban J connectivity index is 1.82. The van der Waals surface area contributed by atoms with Gasteiger partial charge >= 0.3 is 0 Å². The van der Waals surface area contributed by atoms with Gasteiger partial charge in [0.05, 0.1) is 18.6 Å². The lowest BCUT2D eigenvalue weighted by atomic mass is 10.1. The van der Waals surface area contributed by atoms with Crippen molar-refractivity contribution in [2.24, 2.45) is 0 Å². The SMILES string of the molecule is C=CCn1c(SCC(=O)c2[nH]c(C)c(C(C)=O)c2C)nnc1-c1ccc(OC)cc1. The van der Waals surface area contributed by atoms with Crippen LogP contribution < -0.4 is 4.74 Å². The van der Waals surface area contributed by atoms with Crippen molar-refractivity contribution < 1.29 is 14.3 Å². The number of methoxy groups -OCH3 is 1. The zero-order valence-electron chi connectivity index (χ0n) is 17.5. The van der Waals surface area contributed by atoms with E-state index < -0.39 is 0 Å². The number of Topliss-reactive ketones (excluding diaryl/α,β-unsaturated/α-hetero) is 2. The van der Waals surface area contributed by atoms with Gasteiger partial charge in [0, 0.05) is 23.4 Å². The van der Waals surface area contributed by atoms with Crippen LogP contribution in [0.5, 0.6) is 5.75 Å². The largest absolute Gasteiger partial charge is 0.497 e. The van der Waals surface area contributed by atoms with E-state index in [0.29, 0.717) is 40.0 Å². The number of nitrogens with zero attached hydrogens (tertiary/aromatic N) is 3. The van der Waals surface area contributed by atoms with Crippen LogP contribution in [-0.2, 0) is 6.54 Å². The number of aromatic amines is 1. The van der Waals surface area contributed by atoms with Crippen LogP contribution in [0.25, 0.3) is 11.4 Å². The molecule has 0 aliphatic carbocycles. The van der Waals surface area contributed by atoms with Crippen molar-refractivity contribution in [3.63, 3.8) is 0 Å². The van der Waals surface area contributed by atoms with E-state index in [2.05, 4.69) is 21.8 Å². The van der Waals surface area contributed by atoms with Crippen molar-refractivity contribution in [1.29, 1.82) is 0 Å². The maximum Gasteiger partial charge on any atom is 0.192 e. The first-order valence-corrected chi connectivity index (χ1v) is 10.4. The lowest BCUT2D eigenvalue weighted by molar-refractivity contribution is 0.101. The van der Waals surface area contributed by atoms with Gasteiger partial charge in [-0.15, -0.1) is 16.8 Å². The second-order valence-corrected chi connectivity index (χ2v) is 7.77. The summed E-state index contributed by atoms with van der Waals surface area (Å²) in [7, 11) is 1.62. The van der Waals surface area contributed by atoms with Crippen molar-refractivity contribution in [3.05, 3.63) is 59.4 Å². The fourth-order valence-electron chi connectivity index (χ4n) is 3.40. The van der Waals surface area contributed by atoms with E-state index in [9.17, 15) is 9.59 Å². The number of ketones is 2. The van der Waals surface area contributed by atoms with Gasteiger partial charge in [-0.3, -0.25) is 14.2 Å². The summed E-state index contributed by atoms with van der Waals surface area (Å²) in [5, 5.41) is 9.21. The maximum atomic E-state index is 12.8. The molecule has 0 saturated carbocycles. The number of ether oxygens (including phenoxy) is 1. The van der Waals surface area contributed by atoms with Crippen LogP contribution in [0, 0.1) is 13.8 Å². The minimum Gasteiger partial charge on any atom is -0.497 e. The Hall–Kier alpha value is -3.13. The first kappa shape index (κ1) is 21.6. The van der Waals surface area contributed by atoms with Crippen LogP contribution in [-0.4, -0.2) is 44.2 Å². The van der Waals surface area contributed by atoms with Gasteiger partial charge in [-0.2, -0.15) is 0 Å². The van der Waals surface area contributed by atoms with Crippen LogP contribution in [0.3, 0.4) is 0 Å². The molecule has 0 bridgehead atoms. The summed E-state index contributed by atoms with van der Waals surface area (Å²) in [5.41, 5.74) is 3.35. The number of hydrogen-bond donors (Lipinski definition) is 1. The molecule has 0 aliphatic heterocycles. The van der Waals surface area contributed by atoms with Gasteiger partial charge in [0.25, 0.3) is 0 Å². The number of rotatable bonds is 9. The van der Waals surface area contributed by atoms with Crippen molar-refractivity contribution >= 4 is 23.3 Å². The zero-order valence-corrected chi connectivity index (χ0v) is 18.3. The highest BCUT2D eigenvalue weighted by atomic mass is 32.2. The molecule has 30 heavy (non-hydrogen) atoms. The summed E-state index contributed by atoms with van der Waals surface area (Å²) < 4.78 is 7.12. The van der Waals surface area contributed by atoms with E-state index in [1.165, 1.54) is 18.7 Å². The minimum atomic E-state index is -0.0905. The Morgan fingerprint density at radius 1 is 1.23 bits per heavy atom. The number of allylic oxidation sites excluding steroid dienone is 1. The number of carbonyl (C=O) groups excluding carboxylic acids is 2. The number of nitrogens with one attached hydrogen (secondary N) is 1. The second-order valence-electron chi connectivity index (χ2n) is 6.83. The van der Waals surface area contributed by atoms with E-state index in [-0.39, 0.29) is 17.3 Å². The van der Waals surface area contributed by atoms with Crippen LogP contribution in [0.15, 0.2) is 42.1 Å². The molecule has 8 heteroatoms. The monoisotopic (exact) mass is 424 g/mol. The zero-order chi connectivity index (χ0) is 21.8. The molecule has 0 radical (unpaired) electrons. The Bertz CT molecular complexity index is 1100. The molecule has 1 aromatic carbocycles. The molecule has 0 unspecified atom stereocenters. The Kier molecular flexibility index (Phi) is 6.56.